The van der Waals surface area contributed by atoms with Crippen LogP contribution in [-0.4, -0.2) is 29.6 Å². The van der Waals surface area contributed by atoms with Crippen molar-refractivity contribution in [3.63, 3.8) is 0 Å². The predicted molar refractivity (Wildman–Crippen MR) is 76.3 cm³/mol. The fourth-order valence-corrected chi connectivity index (χ4v) is 3.07. The molecule has 0 spiro atoms. The standard InChI is InChI=1S/C16H22FNO2/c1-18(10-12-5-3-2-4-6-12)11-13-9-14(17)7-8-15(13)16(19)20/h7-9,12H,2-6,10-11H2,1H3,(H,19,20). The number of carboxylic acids is 1. The van der Waals surface area contributed by atoms with Gasteiger partial charge in [-0.05, 0) is 49.6 Å². The van der Waals surface area contributed by atoms with Gasteiger partial charge in [-0.25, -0.2) is 9.18 Å². The van der Waals surface area contributed by atoms with Crippen LogP contribution in [0.15, 0.2) is 18.2 Å². The molecule has 0 heterocycles. The van der Waals surface area contributed by atoms with Gasteiger partial charge in [-0.1, -0.05) is 19.3 Å². The zero-order chi connectivity index (χ0) is 14.5. The average Bonchev–Trinajstić information content (AvgIpc) is 2.39. The van der Waals surface area contributed by atoms with E-state index in [0.717, 1.165) is 6.54 Å². The van der Waals surface area contributed by atoms with E-state index in [1.54, 1.807) is 0 Å². The van der Waals surface area contributed by atoms with Crippen molar-refractivity contribution >= 4 is 5.97 Å². The van der Waals surface area contributed by atoms with Gasteiger partial charge in [-0.3, -0.25) is 0 Å². The summed E-state index contributed by atoms with van der Waals surface area (Å²) in [5.41, 5.74) is 0.748. The van der Waals surface area contributed by atoms with E-state index in [2.05, 4.69) is 4.90 Å². The molecule has 1 aromatic carbocycles. The SMILES string of the molecule is CN(Cc1cc(F)ccc1C(=O)O)CC1CCCCC1. The van der Waals surface area contributed by atoms with Crippen LogP contribution in [-0.2, 0) is 6.54 Å². The number of halogens is 1. The maximum absolute atomic E-state index is 13.3. The quantitative estimate of drug-likeness (QED) is 0.896. The molecule has 1 aliphatic carbocycles. The highest BCUT2D eigenvalue weighted by Gasteiger charge is 2.17. The number of benzene rings is 1. The molecule has 1 saturated carbocycles. The summed E-state index contributed by atoms with van der Waals surface area (Å²) in [6.45, 7) is 1.44. The largest absolute Gasteiger partial charge is 0.478 e. The van der Waals surface area contributed by atoms with Gasteiger partial charge < -0.3 is 10.0 Å². The van der Waals surface area contributed by atoms with E-state index in [4.69, 9.17) is 5.11 Å². The molecule has 110 valence electrons. The number of hydrogen-bond acceptors (Lipinski definition) is 2. The third-order valence-electron chi connectivity index (χ3n) is 4.03. The van der Waals surface area contributed by atoms with Gasteiger partial charge in [0.05, 0.1) is 5.56 Å². The molecule has 1 fully saturated rings. The van der Waals surface area contributed by atoms with E-state index in [-0.39, 0.29) is 11.4 Å². The molecule has 1 aliphatic rings. The van der Waals surface area contributed by atoms with Crippen molar-refractivity contribution in [3.8, 4) is 0 Å². The third kappa shape index (κ3) is 4.04. The Labute approximate surface area is 119 Å². The Morgan fingerprint density at radius 3 is 2.70 bits per heavy atom. The van der Waals surface area contributed by atoms with Gasteiger partial charge >= 0.3 is 5.97 Å². The summed E-state index contributed by atoms with van der Waals surface area (Å²) in [4.78, 5) is 13.3. The molecule has 0 bridgehead atoms. The first-order chi connectivity index (χ1) is 9.56. The second-order valence-corrected chi connectivity index (χ2v) is 5.81. The molecule has 4 heteroatoms. The molecule has 1 N–H and O–H groups in total. The van der Waals surface area contributed by atoms with Crippen molar-refractivity contribution < 1.29 is 14.3 Å². The van der Waals surface area contributed by atoms with E-state index in [1.165, 1.54) is 50.3 Å². The monoisotopic (exact) mass is 279 g/mol. The summed E-state index contributed by atoms with van der Waals surface area (Å²) in [7, 11) is 1.98. The van der Waals surface area contributed by atoms with Crippen molar-refractivity contribution in [1.82, 2.24) is 4.90 Å². The minimum atomic E-state index is -0.994. The maximum Gasteiger partial charge on any atom is 0.336 e. The molecule has 3 nitrogen and oxygen atoms in total. The Balaban J connectivity index is 2.00. The Bertz CT molecular complexity index is 470. The smallest absolute Gasteiger partial charge is 0.336 e. The number of carboxylic acid groups (broad SMARTS) is 1. The average molecular weight is 279 g/mol. The summed E-state index contributed by atoms with van der Waals surface area (Å²) in [5.74, 6) is -0.683. The topological polar surface area (TPSA) is 40.5 Å². The highest BCUT2D eigenvalue weighted by Crippen LogP contribution is 2.24. The van der Waals surface area contributed by atoms with Crippen LogP contribution in [0.1, 0.15) is 48.0 Å². The first kappa shape index (κ1) is 15.0. The summed E-state index contributed by atoms with van der Waals surface area (Å²) in [6, 6.07) is 3.89. The van der Waals surface area contributed by atoms with Gasteiger partial charge in [-0.2, -0.15) is 0 Å². The number of carbonyl (C=O) groups is 1. The fourth-order valence-electron chi connectivity index (χ4n) is 3.07. The molecule has 0 aromatic heterocycles. The second kappa shape index (κ2) is 6.84. The minimum absolute atomic E-state index is 0.196. The molecule has 0 saturated heterocycles. The van der Waals surface area contributed by atoms with Gasteiger partial charge in [-0.15, -0.1) is 0 Å². The van der Waals surface area contributed by atoms with Crippen LogP contribution in [0.25, 0.3) is 0 Å². The third-order valence-corrected chi connectivity index (χ3v) is 4.03. The van der Waals surface area contributed by atoms with Crippen LogP contribution in [0.2, 0.25) is 0 Å². The van der Waals surface area contributed by atoms with Crippen LogP contribution in [0, 0.1) is 11.7 Å². The summed E-state index contributed by atoms with van der Waals surface area (Å²) >= 11 is 0. The summed E-state index contributed by atoms with van der Waals surface area (Å²) in [6.07, 6.45) is 6.41. The molecule has 0 amide bonds. The number of rotatable bonds is 5. The molecule has 0 radical (unpaired) electrons. The first-order valence-corrected chi connectivity index (χ1v) is 7.26. The molecular formula is C16H22FNO2. The number of hydrogen-bond donors (Lipinski definition) is 1. The lowest BCUT2D eigenvalue weighted by Gasteiger charge is -2.27. The van der Waals surface area contributed by atoms with Crippen molar-refractivity contribution in [2.24, 2.45) is 5.92 Å². The van der Waals surface area contributed by atoms with E-state index < -0.39 is 5.97 Å². The van der Waals surface area contributed by atoms with Crippen molar-refractivity contribution in [3.05, 3.63) is 35.1 Å². The highest BCUT2D eigenvalue weighted by atomic mass is 19.1. The number of nitrogens with zero attached hydrogens (tertiary/aromatic N) is 1. The van der Waals surface area contributed by atoms with Gasteiger partial charge in [0.25, 0.3) is 0 Å². The van der Waals surface area contributed by atoms with Crippen LogP contribution < -0.4 is 0 Å². The van der Waals surface area contributed by atoms with Crippen LogP contribution >= 0.6 is 0 Å². The highest BCUT2D eigenvalue weighted by molar-refractivity contribution is 5.89. The Morgan fingerprint density at radius 2 is 2.05 bits per heavy atom. The zero-order valence-electron chi connectivity index (χ0n) is 11.9. The van der Waals surface area contributed by atoms with Gasteiger partial charge in [0.15, 0.2) is 0 Å². The molecular weight excluding hydrogens is 257 g/mol. The number of aromatic carboxylic acids is 1. The van der Waals surface area contributed by atoms with E-state index in [1.807, 2.05) is 7.05 Å². The second-order valence-electron chi connectivity index (χ2n) is 5.81. The maximum atomic E-state index is 13.3. The van der Waals surface area contributed by atoms with Gasteiger partial charge in [0, 0.05) is 13.1 Å². The van der Waals surface area contributed by atoms with Crippen molar-refractivity contribution in [1.29, 1.82) is 0 Å². The predicted octanol–water partition coefficient (Wildman–Crippen LogP) is 3.54. The first-order valence-electron chi connectivity index (χ1n) is 7.26. The van der Waals surface area contributed by atoms with Gasteiger partial charge in [0.1, 0.15) is 5.82 Å². The molecule has 2 rings (SSSR count). The lowest BCUT2D eigenvalue weighted by Crippen LogP contribution is -2.27. The van der Waals surface area contributed by atoms with E-state index in [0.29, 0.717) is 18.0 Å². The lowest BCUT2D eigenvalue weighted by atomic mass is 9.89. The minimum Gasteiger partial charge on any atom is -0.478 e. The van der Waals surface area contributed by atoms with Crippen LogP contribution in [0.4, 0.5) is 4.39 Å². The fraction of sp³-hybridized carbons (Fsp3) is 0.562. The normalized spacial score (nSPS) is 16.6. The molecule has 20 heavy (non-hydrogen) atoms. The molecule has 0 unspecified atom stereocenters. The van der Waals surface area contributed by atoms with Crippen molar-refractivity contribution in [2.45, 2.75) is 38.6 Å². The Hall–Kier alpha value is -1.42. The van der Waals surface area contributed by atoms with Crippen LogP contribution in [0.5, 0.6) is 0 Å². The Kier molecular flexibility index (Phi) is 5.12. The summed E-state index contributed by atoms with van der Waals surface area (Å²) in [5, 5.41) is 9.15. The van der Waals surface area contributed by atoms with E-state index in [9.17, 15) is 9.18 Å². The van der Waals surface area contributed by atoms with E-state index >= 15 is 0 Å². The summed E-state index contributed by atoms with van der Waals surface area (Å²) < 4.78 is 13.3. The Morgan fingerprint density at radius 1 is 1.35 bits per heavy atom. The molecule has 0 atom stereocenters. The van der Waals surface area contributed by atoms with Crippen molar-refractivity contribution in [2.75, 3.05) is 13.6 Å². The molecule has 1 aromatic rings. The zero-order valence-corrected chi connectivity index (χ0v) is 11.9. The molecule has 0 aliphatic heterocycles. The van der Waals surface area contributed by atoms with Gasteiger partial charge in [0.2, 0.25) is 0 Å². The van der Waals surface area contributed by atoms with Crippen LogP contribution in [0.3, 0.4) is 0 Å². The lowest BCUT2D eigenvalue weighted by molar-refractivity contribution is 0.0694.